The van der Waals surface area contributed by atoms with Crippen LogP contribution in [0.3, 0.4) is 0 Å². The van der Waals surface area contributed by atoms with Crippen LogP contribution in [0.5, 0.6) is 0 Å². The van der Waals surface area contributed by atoms with Crippen LogP contribution in [0, 0.1) is 11.2 Å². The van der Waals surface area contributed by atoms with Crippen LogP contribution in [0.15, 0.2) is 24.3 Å². The number of benzene rings is 1. The normalized spacial score (nSPS) is 22.1. The van der Waals surface area contributed by atoms with Crippen molar-refractivity contribution in [1.82, 2.24) is 15.1 Å². The van der Waals surface area contributed by atoms with Crippen molar-refractivity contribution >= 4 is 11.8 Å². The molecule has 1 heterocycles. The van der Waals surface area contributed by atoms with Gasteiger partial charge in [-0.3, -0.25) is 10.00 Å². The molecule has 3 aliphatic rings. The molecule has 3 fully saturated rings. The number of amides is 2. The van der Waals surface area contributed by atoms with Crippen LogP contribution in [0.25, 0.3) is 11.3 Å². The summed E-state index contributed by atoms with van der Waals surface area (Å²) in [5, 5.41) is 10.3. The molecule has 1 aromatic heterocycles. The lowest BCUT2D eigenvalue weighted by Gasteiger charge is -2.57. The first-order valence-corrected chi connectivity index (χ1v) is 10.5. The Hall–Kier alpha value is -2.51. The number of nitrogens with zero attached hydrogens (tertiary/aromatic N) is 2. The van der Waals surface area contributed by atoms with E-state index in [2.05, 4.69) is 15.7 Å². The Bertz CT molecular complexity index is 965. The Kier molecular flexibility index (Phi) is 4.38. The Morgan fingerprint density at radius 1 is 1.17 bits per heavy atom. The Morgan fingerprint density at radius 3 is 2.40 bits per heavy atom. The number of carbonyl (C=O) groups is 1. The van der Waals surface area contributed by atoms with E-state index in [1.807, 2.05) is 7.05 Å². The molecule has 2 aromatic rings. The second-order valence-electron chi connectivity index (χ2n) is 9.28. The third kappa shape index (κ3) is 3.36. The number of hydrogen-bond acceptors (Lipinski definition) is 2. The van der Waals surface area contributed by atoms with Crippen LogP contribution in [0.4, 0.5) is 23.8 Å². The molecule has 30 heavy (non-hydrogen) atoms. The van der Waals surface area contributed by atoms with E-state index in [0.717, 1.165) is 36.1 Å². The molecule has 3 saturated carbocycles. The molecule has 2 N–H and O–H groups in total. The van der Waals surface area contributed by atoms with Crippen molar-refractivity contribution in [3.05, 3.63) is 35.6 Å². The molecule has 0 saturated heterocycles. The van der Waals surface area contributed by atoms with Gasteiger partial charge in [-0.25, -0.2) is 18.0 Å². The SMILES string of the molecule is Cn1nc(NC(=O)NC2CC3(C2)CC(F)(F)C3)c(C2CCC2)c1-c1ccc(F)cc1. The molecule has 3 aliphatic carbocycles. The molecule has 0 unspecified atom stereocenters. The minimum atomic E-state index is -2.53. The molecule has 0 radical (unpaired) electrons. The molecule has 0 atom stereocenters. The van der Waals surface area contributed by atoms with Crippen molar-refractivity contribution in [3.8, 4) is 11.3 Å². The zero-order valence-corrected chi connectivity index (χ0v) is 16.9. The fourth-order valence-corrected chi connectivity index (χ4v) is 5.42. The van der Waals surface area contributed by atoms with Gasteiger partial charge in [0.15, 0.2) is 5.82 Å². The molecule has 2 amide bonds. The van der Waals surface area contributed by atoms with Crippen LogP contribution in [0.1, 0.15) is 56.4 Å². The smallest absolute Gasteiger partial charge is 0.320 e. The summed E-state index contributed by atoms with van der Waals surface area (Å²) in [6, 6.07) is 5.85. The van der Waals surface area contributed by atoms with E-state index < -0.39 is 5.92 Å². The van der Waals surface area contributed by atoms with Crippen molar-refractivity contribution in [3.63, 3.8) is 0 Å². The van der Waals surface area contributed by atoms with Crippen molar-refractivity contribution in [1.29, 1.82) is 0 Å². The molecule has 0 aliphatic heterocycles. The summed E-state index contributed by atoms with van der Waals surface area (Å²) < 4.78 is 41.4. The lowest BCUT2D eigenvalue weighted by molar-refractivity contribution is -0.197. The molecular formula is C22H25F3N4O. The number of nitrogens with one attached hydrogen (secondary N) is 2. The number of aryl methyl sites for hydroxylation is 1. The van der Waals surface area contributed by atoms with Crippen LogP contribution in [-0.4, -0.2) is 27.8 Å². The number of urea groups is 1. The van der Waals surface area contributed by atoms with E-state index in [4.69, 9.17) is 0 Å². The van der Waals surface area contributed by atoms with Gasteiger partial charge in [0, 0.05) is 37.1 Å². The van der Waals surface area contributed by atoms with Crippen molar-refractivity contribution < 1.29 is 18.0 Å². The maximum absolute atomic E-state index is 13.4. The Morgan fingerprint density at radius 2 is 1.83 bits per heavy atom. The van der Waals surface area contributed by atoms with Crippen LogP contribution in [0.2, 0.25) is 0 Å². The topological polar surface area (TPSA) is 59.0 Å². The highest BCUT2D eigenvalue weighted by Crippen LogP contribution is 2.62. The average Bonchev–Trinajstić information content (AvgIpc) is 2.87. The summed E-state index contributed by atoms with van der Waals surface area (Å²) in [7, 11) is 1.82. The van der Waals surface area contributed by atoms with Crippen molar-refractivity contribution in [2.75, 3.05) is 5.32 Å². The second kappa shape index (κ2) is 6.75. The zero-order valence-electron chi connectivity index (χ0n) is 16.9. The van der Waals surface area contributed by atoms with Gasteiger partial charge in [0.1, 0.15) is 5.82 Å². The summed E-state index contributed by atoms with van der Waals surface area (Å²) in [6.07, 6.45) is 4.26. The first-order valence-electron chi connectivity index (χ1n) is 10.5. The number of hydrogen-bond donors (Lipinski definition) is 2. The van der Waals surface area contributed by atoms with Crippen LogP contribution >= 0.6 is 0 Å². The van der Waals surface area contributed by atoms with Gasteiger partial charge < -0.3 is 5.32 Å². The zero-order chi connectivity index (χ0) is 21.1. The minimum Gasteiger partial charge on any atom is -0.335 e. The van der Waals surface area contributed by atoms with Crippen molar-refractivity contribution in [2.45, 2.75) is 62.8 Å². The van der Waals surface area contributed by atoms with E-state index in [1.54, 1.807) is 16.8 Å². The molecule has 8 heteroatoms. The molecule has 0 bridgehead atoms. The lowest BCUT2D eigenvalue weighted by atomic mass is 9.52. The molecular weight excluding hydrogens is 393 g/mol. The fraction of sp³-hybridized carbons (Fsp3) is 0.545. The Balaban J connectivity index is 1.30. The number of carbonyl (C=O) groups excluding carboxylic acids is 1. The van der Waals surface area contributed by atoms with Gasteiger partial charge in [0.2, 0.25) is 5.92 Å². The molecule has 160 valence electrons. The number of aromatic nitrogens is 2. The van der Waals surface area contributed by atoms with E-state index >= 15 is 0 Å². The highest BCUT2D eigenvalue weighted by atomic mass is 19.3. The highest BCUT2D eigenvalue weighted by Gasteiger charge is 2.62. The van der Waals surface area contributed by atoms with E-state index in [9.17, 15) is 18.0 Å². The molecule has 1 aromatic carbocycles. The monoisotopic (exact) mass is 418 g/mol. The Labute approximate surface area is 173 Å². The first kappa shape index (κ1) is 19.5. The van der Waals surface area contributed by atoms with Crippen LogP contribution < -0.4 is 10.6 Å². The number of alkyl halides is 2. The highest BCUT2D eigenvalue weighted by molar-refractivity contribution is 5.91. The predicted molar refractivity (Wildman–Crippen MR) is 107 cm³/mol. The maximum atomic E-state index is 13.4. The summed E-state index contributed by atoms with van der Waals surface area (Å²) >= 11 is 0. The summed E-state index contributed by atoms with van der Waals surface area (Å²) in [4.78, 5) is 12.6. The first-order chi connectivity index (χ1) is 14.2. The van der Waals surface area contributed by atoms with E-state index in [0.29, 0.717) is 24.6 Å². The van der Waals surface area contributed by atoms with Gasteiger partial charge in [0.05, 0.1) is 5.69 Å². The summed E-state index contributed by atoms with van der Waals surface area (Å²) in [5.41, 5.74) is 2.44. The van der Waals surface area contributed by atoms with Crippen molar-refractivity contribution in [2.24, 2.45) is 12.5 Å². The maximum Gasteiger partial charge on any atom is 0.320 e. The second-order valence-corrected chi connectivity index (χ2v) is 9.28. The average molecular weight is 418 g/mol. The lowest BCUT2D eigenvalue weighted by Crippen LogP contribution is -2.60. The molecule has 5 nitrogen and oxygen atoms in total. The largest absolute Gasteiger partial charge is 0.335 e. The summed E-state index contributed by atoms with van der Waals surface area (Å²) in [6.45, 7) is 0. The third-order valence-corrected chi connectivity index (χ3v) is 6.91. The number of anilines is 1. The van der Waals surface area contributed by atoms with E-state index in [-0.39, 0.29) is 36.1 Å². The van der Waals surface area contributed by atoms with Gasteiger partial charge in [0.25, 0.3) is 0 Å². The number of rotatable bonds is 4. The van der Waals surface area contributed by atoms with Gasteiger partial charge in [-0.15, -0.1) is 0 Å². The van der Waals surface area contributed by atoms with Gasteiger partial charge >= 0.3 is 6.03 Å². The summed E-state index contributed by atoms with van der Waals surface area (Å²) in [5.74, 6) is -2.01. The molecule has 1 spiro atoms. The molecule has 5 rings (SSSR count). The number of halogens is 3. The standard InChI is InChI=1S/C22H25F3N4O/c1-29-18(14-5-7-15(23)8-6-14)17(13-3-2-4-13)19(28-29)27-20(30)26-16-9-21(10-16)11-22(24,25)12-21/h5-8,13,16H,2-4,9-12H2,1H3,(H2,26,27,28,30). The van der Waals surface area contributed by atoms with Gasteiger partial charge in [-0.05, 0) is 61.3 Å². The quantitative estimate of drug-likeness (QED) is 0.718. The van der Waals surface area contributed by atoms with Gasteiger partial charge in [-0.1, -0.05) is 6.42 Å². The minimum absolute atomic E-state index is 0.0626. The van der Waals surface area contributed by atoms with Crippen LogP contribution in [-0.2, 0) is 7.05 Å². The fourth-order valence-electron chi connectivity index (χ4n) is 5.42. The third-order valence-electron chi connectivity index (χ3n) is 6.91. The predicted octanol–water partition coefficient (Wildman–Crippen LogP) is 5.19. The van der Waals surface area contributed by atoms with E-state index in [1.165, 1.54) is 12.1 Å². The van der Waals surface area contributed by atoms with Gasteiger partial charge in [-0.2, -0.15) is 5.10 Å².